The Morgan fingerprint density at radius 3 is 2.04 bits per heavy atom. The van der Waals surface area contributed by atoms with Crippen molar-refractivity contribution >= 4 is 5.78 Å². The standard InChI is InChI=1S/C21H26O3/c1-4-6-16-12-18(13-17(7-5-2)21(16)23)20(22)14-24-19-10-8-15(3)9-11-19/h8-13,23H,4-7,14H2,1-3H3. The summed E-state index contributed by atoms with van der Waals surface area (Å²) in [7, 11) is 0. The smallest absolute Gasteiger partial charge is 0.200 e. The van der Waals surface area contributed by atoms with E-state index in [1.165, 1.54) is 0 Å². The molecule has 3 nitrogen and oxygen atoms in total. The zero-order valence-electron chi connectivity index (χ0n) is 14.8. The van der Waals surface area contributed by atoms with Gasteiger partial charge < -0.3 is 9.84 Å². The summed E-state index contributed by atoms with van der Waals surface area (Å²) in [6.45, 7) is 6.14. The van der Waals surface area contributed by atoms with Crippen LogP contribution in [0.5, 0.6) is 11.5 Å². The topological polar surface area (TPSA) is 46.5 Å². The lowest BCUT2D eigenvalue weighted by Crippen LogP contribution is -2.12. The molecule has 2 aromatic rings. The van der Waals surface area contributed by atoms with E-state index < -0.39 is 0 Å². The highest BCUT2D eigenvalue weighted by molar-refractivity contribution is 5.97. The average molecular weight is 326 g/mol. The molecule has 0 amide bonds. The molecule has 0 saturated carbocycles. The number of ketones is 1. The lowest BCUT2D eigenvalue weighted by atomic mass is 9.96. The van der Waals surface area contributed by atoms with Crippen LogP contribution in [0.2, 0.25) is 0 Å². The Labute approximate surface area is 144 Å². The van der Waals surface area contributed by atoms with Crippen molar-refractivity contribution < 1.29 is 14.6 Å². The minimum absolute atomic E-state index is 0.00493. The maximum absolute atomic E-state index is 12.5. The molecule has 0 aliphatic rings. The van der Waals surface area contributed by atoms with E-state index in [0.717, 1.165) is 42.4 Å². The number of aromatic hydroxyl groups is 1. The van der Waals surface area contributed by atoms with Crippen LogP contribution in [0, 0.1) is 6.92 Å². The van der Waals surface area contributed by atoms with Gasteiger partial charge in [-0.1, -0.05) is 44.4 Å². The number of hydrogen-bond donors (Lipinski definition) is 1. The highest BCUT2D eigenvalue weighted by Crippen LogP contribution is 2.27. The number of phenolic OH excluding ortho intramolecular Hbond substituents is 1. The average Bonchev–Trinajstić information content (AvgIpc) is 2.58. The van der Waals surface area contributed by atoms with E-state index >= 15 is 0 Å². The van der Waals surface area contributed by atoms with E-state index in [9.17, 15) is 9.90 Å². The fourth-order valence-corrected chi connectivity index (χ4v) is 2.71. The van der Waals surface area contributed by atoms with Crippen LogP contribution in [0.4, 0.5) is 0 Å². The van der Waals surface area contributed by atoms with Gasteiger partial charge in [0.25, 0.3) is 0 Å². The van der Waals surface area contributed by atoms with Gasteiger partial charge in [-0.15, -0.1) is 0 Å². The Morgan fingerprint density at radius 2 is 1.54 bits per heavy atom. The summed E-state index contributed by atoms with van der Waals surface area (Å²) in [5, 5.41) is 10.3. The third kappa shape index (κ3) is 4.60. The SMILES string of the molecule is CCCc1cc(C(=O)COc2ccc(C)cc2)cc(CCC)c1O. The summed E-state index contributed by atoms with van der Waals surface area (Å²) in [5.74, 6) is 0.968. The fraction of sp³-hybridized carbons (Fsp3) is 0.381. The first kappa shape index (κ1) is 18.1. The third-order valence-corrected chi connectivity index (χ3v) is 4.02. The molecule has 3 heteroatoms. The first-order valence-electron chi connectivity index (χ1n) is 8.62. The Kier molecular flexibility index (Phi) is 6.42. The van der Waals surface area contributed by atoms with Gasteiger partial charge in [-0.3, -0.25) is 4.79 Å². The van der Waals surface area contributed by atoms with Crippen molar-refractivity contribution in [3.63, 3.8) is 0 Å². The van der Waals surface area contributed by atoms with Crippen molar-refractivity contribution in [1.82, 2.24) is 0 Å². The zero-order chi connectivity index (χ0) is 17.5. The van der Waals surface area contributed by atoms with E-state index in [2.05, 4.69) is 13.8 Å². The summed E-state index contributed by atoms with van der Waals surface area (Å²) >= 11 is 0. The van der Waals surface area contributed by atoms with Crippen LogP contribution < -0.4 is 4.74 Å². The van der Waals surface area contributed by atoms with Crippen molar-refractivity contribution in [3.8, 4) is 11.5 Å². The molecular formula is C21H26O3. The van der Waals surface area contributed by atoms with Crippen molar-refractivity contribution in [2.24, 2.45) is 0 Å². The van der Waals surface area contributed by atoms with Gasteiger partial charge in [0.05, 0.1) is 0 Å². The number of carbonyl (C=O) groups excluding carboxylic acids is 1. The number of Topliss-reactive ketones (excluding diaryl/α,β-unsaturated/α-hetero) is 1. The van der Waals surface area contributed by atoms with Gasteiger partial charge in [-0.25, -0.2) is 0 Å². The molecule has 0 unspecified atom stereocenters. The van der Waals surface area contributed by atoms with Crippen LogP contribution in [0.15, 0.2) is 36.4 Å². The maximum Gasteiger partial charge on any atom is 0.200 e. The van der Waals surface area contributed by atoms with E-state index in [1.807, 2.05) is 31.2 Å². The van der Waals surface area contributed by atoms with Crippen LogP contribution >= 0.6 is 0 Å². The number of hydrogen-bond acceptors (Lipinski definition) is 3. The Bertz CT molecular complexity index is 660. The number of aryl methyl sites for hydroxylation is 3. The van der Waals surface area contributed by atoms with Gasteiger partial charge in [-0.2, -0.15) is 0 Å². The molecule has 0 fully saturated rings. The van der Waals surface area contributed by atoms with Crippen molar-refractivity contribution in [1.29, 1.82) is 0 Å². The number of benzene rings is 2. The molecule has 0 atom stereocenters. The molecule has 0 radical (unpaired) electrons. The molecule has 0 aliphatic carbocycles. The first-order valence-corrected chi connectivity index (χ1v) is 8.62. The van der Waals surface area contributed by atoms with Crippen LogP contribution in [0.1, 0.15) is 53.7 Å². The van der Waals surface area contributed by atoms with Crippen LogP contribution in [-0.2, 0) is 12.8 Å². The van der Waals surface area contributed by atoms with Gasteiger partial charge in [0.15, 0.2) is 12.4 Å². The second kappa shape index (κ2) is 8.53. The number of ether oxygens (including phenoxy) is 1. The van der Waals surface area contributed by atoms with E-state index in [-0.39, 0.29) is 12.4 Å². The van der Waals surface area contributed by atoms with Gasteiger partial charge in [0, 0.05) is 5.56 Å². The van der Waals surface area contributed by atoms with Crippen LogP contribution in [-0.4, -0.2) is 17.5 Å². The third-order valence-electron chi connectivity index (χ3n) is 4.02. The van der Waals surface area contributed by atoms with Crippen LogP contribution in [0.3, 0.4) is 0 Å². The van der Waals surface area contributed by atoms with Crippen LogP contribution in [0.25, 0.3) is 0 Å². The Hall–Kier alpha value is -2.29. The molecule has 0 aromatic heterocycles. The molecule has 0 aliphatic heterocycles. The molecule has 24 heavy (non-hydrogen) atoms. The zero-order valence-corrected chi connectivity index (χ0v) is 14.8. The lowest BCUT2D eigenvalue weighted by Gasteiger charge is -2.12. The summed E-state index contributed by atoms with van der Waals surface area (Å²) < 4.78 is 5.60. The fourth-order valence-electron chi connectivity index (χ4n) is 2.71. The molecule has 2 aromatic carbocycles. The molecular weight excluding hydrogens is 300 g/mol. The van der Waals surface area contributed by atoms with Gasteiger partial charge in [0.2, 0.25) is 0 Å². The van der Waals surface area contributed by atoms with Crippen molar-refractivity contribution in [2.75, 3.05) is 6.61 Å². The molecule has 2 rings (SSSR count). The lowest BCUT2D eigenvalue weighted by molar-refractivity contribution is 0.0921. The van der Waals surface area contributed by atoms with Gasteiger partial charge in [-0.05, 0) is 55.2 Å². The maximum atomic E-state index is 12.5. The normalized spacial score (nSPS) is 10.6. The minimum atomic E-state index is -0.0646. The van der Waals surface area contributed by atoms with E-state index in [0.29, 0.717) is 17.1 Å². The Morgan fingerprint density at radius 1 is 1.00 bits per heavy atom. The quantitative estimate of drug-likeness (QED) is 0.704. The summed E-state index contributed by atoms with van der Waals surface area (Å²) in [5.41, 5.74) is 3.47. The summed E-state index contributed by atoms with van der Waals surface area (Å²) in [6, 6.07) is 11.3. The van der Waals surface area contributed by atoms with Crippen molar-refractivity contribution in [3.05, 3.63) is 58.7 Å². The van der Waals surface area contributed by atoms with E-state index in [1.54, 1.807) is 12.1 Å². The highest BCUT2D eigenvalue weighted by Gasteiger charge is 2.14. The molecule has 0 spiro atoms. The number of phenols is 1. The largest absolute Gasteiger partial charge is 0.507 e. The molecule has 1 N–H and O–H groups in total. The number of rotatable bonds is 8. The number of carbonyl (C=O) groups is 1. The monoisotopic (exact) mass is 326 g/mol. The van der Waals surface area contributed by atoms with E-state index in [4.69, 9.17) is 4.74 Å². The molecule has 0 bridgehead atoms. The Balaban J connectivity index is 2.16. The van der Waals surface area contributed by atoms with Gasteiger partial charge in [0.1, 0.15) is 11.5 Å². The minimum Gasteiger partial charge on any atom is -0.507 e. The predicted molar refractivity (Wildman–Crippen MR) is 97.1 cm³/mol. The summed E-state index contributed by atoms with van der Waals surface area (Å²) in [4.78, 5) is 12.5. The van der Waals surface area contributed by atoms with Gasteiger partial charge >= 0.3 is 0 Å². The molecule has 128 valence electrons. The second-order valence-electron chi connectivity index (χ2n) is 6.17. The first-order chi connectivity index (χ1) is 11.5. The molecule has 0 heterocycles. The summed E-state index contributed by atoms with van der Waals surface area (Å²) in [6.07, 6.45) is 3.39. The molecule has 0 saturated heterocycles. The van der Waals surface area contributed by atoms with Crippen molar-refractivity contribution in [2.45, 2.75) is 46.5 Å². The second-order valence-corrected chi connectivity index (χ2v) is 6.17. The predicted octanol–water partition coefficient (Wildman–Crippen LogP) is 4.87. The highest BCUT2D eigenvalue weighted by atomic mass is 16.5.